The molecule has 3 radical (unpaired) electrons. The van der Waals surface area contributed by atoms with Crippen LogP contribution in [0.4, 0.5) is 0 Å². The van der Waals surface area contributed by atoms with Gasteiger partial charge >= 0.3 is 0 Å². The molecule has 15 aromatic rings. The maximum absolute atomic E-state index is 10.0. The van der Waals surface area contributed by atoms with Crippen molar-refractivity contribution in [1.82, 2.24) is 15.0 Å². The van der Waals surface area contributed by atoms with Gasteiger partial charge in [0, 0.05) is 111 Å². The van der Waals surface area contributed by atoms with E-state index in [1.54, 1.807) is 6.20 Å². The van der Waals surface area contributed by atoms with E-state index in [1.807, 2.05) is 48.8 Å². The molecule has 0 fully saturated rings. The molecule has 12 nitrogen and oxygen atoms in total. The Bertz CT molecular complexity index is 5860. The van der Waals surface area contributed by atoms with E-state index in [9.17, 15) is 14.4 Å². The minimum atomic E-state index is -0.125. The molecule has 6 heterocycles. The van der Waals surface area contributed by atoms with E-state index in [0.29, 0.717) is 29.6 Å². The molecule has 0 bridgehead atoms. The summed E-state index contributed by atoms with van der Waals surface area (Å²) in [4.78, 5) is 44.1. The van der Waals surface area contributed by atoms with E-state index in [1.165, 1.54) is 110 Å². The third-order valence-corrected chi connectivity index (χ3v) is 19.1. The fraction of sp³-hybridized carbons (Fsp3) is 0.200. The topological polar surface area (TPSA) is 190 Å². The van der Waals surface area contributed by atoms with Crippen molar-refractivity contribution in [3.63, 3.8) is 0 Å². The molecule has 0 saturated heterocycles. The second-order valence-electron chi connectivity index (χ2n) is 30.5. The SMILES string of the molecule is CC(=O)C=C(C)O.CC(=O)C=C(C)O.CC(=O)C=C(C)O.CC(C)c1cc(-c2cc3cc(-c4[c-]ccc(-c5ccccc5)c4)ncc3o2)cc(C(C)C)c1.CC(C)c1ccc(-c2cc3cc(-c4[c-]ccc(-c5ccccc5)c4)ncc3o2)cc1.CC(C)c1cccc(C(C)C)c1-c1cc2cc(-c3[c-]ccc(-c4ccccc4)c3)ncc2o1.[Ir].[Ir].[Ir]. The number of allylic oxidation sites excluding steroid dienone is 6. The Balaban J connectivity index is 0.000000219. The minimum absolute atomic E-state index is 0. The Kier molecular flexibility index (Phi) is 36.5. The average Bonchev–Trinajstić information content (AvgIpc) is 1.61. The summed E-state index contributed by atoms with van der Waals surface area (Å²) in [7, 11) is 0. The van der Waals surface area contributed by atoms with Crippen LogP contribution in [0.15, 0.2) is 310 Å². The molecule has 0 saturated carbocycles. The van der Waals surface area contributed by atoms with E-state index in [2.05, 4.69) is 304 Å². The Morgan fingerprint density at radius 1 is 0.308 bits per heavy atom. The van der Waals surface area contributed by atoms with Gasteiger partial charge < -0.3 is 43.5 Å². The average molecular weight is 2130 g/mol. The molecule has 0 spiro atoms. The van der Waals surface area contributed by atoms with Gasteiger partial charge in [0.05, 0.1) is 35.9 Å². The number of hydrogen-bond donors (Lipinski definition) is 3. The number of carbonyl (C=O) groups is 3. The summed E-state index contributed by atoms with van der Waals surface area (Å²) in [5, 5.41) is 28.2. The van der Waals surface area contributed by atoms with Crippen LogP contribution >= 0.6 is 0 Å². The van der Waals surface area contributed by atoms with Crippen molar-refractivity contribution in [1.29, 1.82) is 0 Å². The molecule has 0 amide bonds. The van der Waals surface area contributed by atoms with Gasteiger partial charge in [-0.1, -0.05) is 227 Å². The van der Waals surface area contributed by atoms with Gasteiger partial charge in [-0.3, -0.25) is 14.4 Å². The molecule has 3 N–H and O–H groups in total. The van der Waals surface area contributed by atoms with Crippen molar-refractivity contribution < 1.29 is 103 Å². The van der Waals surface area contributed by atoms with Gasteiger partial charge in [0.25, 0.3) is 0 Å². The third kappa shape index (κ3) is 27.1. The second kappa shape index (κ2) is 45.7. The number of rotatable bonds is 17. The third-order valence-electron chi connectivity index (χ3n) is 19.1. The van der Waals surface area contributed by atoms with Crippen molar-refractivity contribution in [3.8, 4) is 101 Å². The zero-order chi connectivity index (χ0) is 84.0. The first kappa shape index (κ1) is 95.8. The van der Waals surface area contributed by atoms with Gasteiger partial charge in [-0.25, -0.2) is 0 Å². The van der Waals surface area contributed by atoms with E-state index in [4.69, 9.17) is 33.6 Å². The standard InChI is InChI=1S/2C31H28NO.C28H22NO.3C5H8O2.3Ir/c1-20(2)26-14-9-15-27(21(3)4)31(26)29-18-25-17-28(32-19-30(25)33-29)24-13-8-12-23(16-24)22-10-6-5-7-11-22;1-20(2)25-14-26(21(3)4)16-27(15-25)30-18-28-17-29(32-19-31(28)33-30)24-12-8-11-23(13-24)22-9-6-5-7-10-22;1-19(2)20-11-13-22(14-12-20)27-17-25-16-26(29-18-28(25)30-27)24-10-6-9-23(15-24)21-7-4-3-5-8-21;3*1-4(6)3-5(2)7;;;/h5-12,14-21H,1-4H3;5-11,13-21H,1-4H3;3-9,11-19H,1-2H3;3*3,6H,1-2H3;;;/q3*-1;;;;;;. The molecule has 0 unspecified atom stereocenters. The molecule has 120 heavy (non-hydrogen) atoms. The summed E-state index contributed by atoms with van der Waals surface area (Å²) < 4.78 is 18.6. The van der Waals surface area contributed by atoms with Crippen LogP contribution in [0.3, 0.4) is 0 Å². The molecule has 0 aliphatic rings. The Hall–Kier alpha value is -11.4. The summed E-state index contributed by atoms with van der Waals surface area (Å²) in [6.45, 7) is 30.8. The van der Waals surface area contributed by atoms with Gasteiger partial charge in [-0.2, -0.15) is 0 Å². The van der Waals surface area contributed by atoms with E-state index < -0.39 is 0 Å². The van der Waals surface area contributed by atoms with Crippen molar-refractivity contribution in [3.05, 3.63) is 343 Å². The summed E-state index contributed by atoms with van der Waals surface area (Å²) >= 11 is 0. The Labute approximate surface area is 746 Å². The van der Waals surface area contributed by atoms with Crippen molar-refractivity contribution in [2.45, 2.75) is 140 Å². The number of benzene rings is 9. The van der Waals surface area contributed by atoms with Crippen LogP contribution in [0.25, 0.3) is 134 Å². The van der Waals surface area contributed by atoms with Crippen molar-refractivity contribution >= 4 is 50.3 Å². The van der Waals surface area contributed by atoms with Gasteiger partial charge in [-0.15, -0.1) is 106 Å². The predicted molar refractivity (Wildman–Crippen MR) is 479 cm³/mol. The normalized spacial score (nSPS) is 11.2. The van der Waals surface area contributed by atoms with Crippen molar-refractivity contribution in [2.24, 2.45) is 0 Å². The number of fused-ring (bicyclic) bond motifs is 3. The number of furan rings is 3. The molecule has 6 aromatic heterocycles. The molecule has 0 aliphatic heterocycles. The summed E-state index contributed by atoms with van der Waals surface area (Å²) in [6.07, 6.45) is 8.97. The Morgan fingerprint density at radius 3 is 0.908 bits per heavy atom. The van der Waals surface area contributed by atoms with E-state index >= 15 is 0 Å². The maximum Gasteiger partial charge on any atom is 0.155 e. The Morgan fingerprint density at radius 2 is 0.617 bits per heavy atom. The number of hydrogen-bond acceptors (Lipinski definition) is 12. The number of aliphatic hydroxyl groups is 3. The molecule has 15 rings (SSSR count). The minimum Gasteiger partial charge on any atom is -0.512 e. The monoisotopic (exact) mass is 2130 g/mol. The maximum atomic E-state index is 10.0. The van der Waals surface area contributed by atoms with Crippen LogP contribution in [-0.4, -0.2) is 47.6 Å². The van der Waals surface area contributed by atoms with Crippen LogP contribution in [-0.2, 0) is 74.7 Å². The van der Waals surface area contributed by atoms with Crippen LogP contribution in [0.5, 0.6) is 0 Å². The molecule has 0 aliphatic carbocycles. The first-order valence-electron chi connectivity index (χ1n) is 39.5. The zero-order valence-electron chi connectivity index (χ0n) is 70.6. The van der Waals surface area contributed by atoms with Crippen molar-refractivity contribution in [2.75, 3.05) is 0 Å². The number of aliphatic hydroxyl groups excluding tert-OH is 3. The number of aromatic nitrogens is 3. The van der Waals surface area contributed by atoms with E-state index in [0.717, 1.165) is 112 Å². The second-order valence-corrected chi connectivity index (χ2v) is 30.5. The summed E-state index contributed by atoms with van der Waals surface area (Å²) in [5.41, 5.74) is 25.1. The zero-order valence-corrected chi connectivity index (χ0v) is 77.8. The summed E-state index contributed by atoms with van der Waals surface area (Å²) in [6, 6.07) is 94.4. The van der Waals surface area contributed by atoms with Crippen LogP contribution in [0, 0.1) is 18.2 Å². The van der Waals surface area contributed by atoms with Gasteiger partial charge in [0.2, 0.25) is 0 Å². The number of nitrogens with zero attached hydrogens (tertiary/aromatic N) is 3. The summed E-state index contributed by atoms with van der Waals surface area (Å²) in [5.74, 6) is 4.75. The molecule has 621 valence electrons. The molecular weight excluding hydrogens is 2020 g/mol. The fourth-order valence-electron chi connectivity index (χ4n) is 13.2. The largest absolute Gasteiger partial charge is 0.512 e. The molecule has 9 aromatic carbocycles. The number of pyridine rings is 3. The van der Waals surface area contributed by atoms with Gasteiger partial charge in [-0.05, 0) is 163 Å². The quantitative estimate of drug-likeness (QED) is 0.0445. The first-order valence-corrected chi connectivity index (χ1v) is 39.5. The molecule has 0 atom stereocenters. The molecule has 15 heteroatoms. The number of carbonyl (C=O) groups excluding carboxylic acids is 3. The van der Waals surface area contributed by atoms with Crippen LogP contribution in [0.2, 0.25) is 0 Å². The smallest absolute Gasteiger partial charge is 0.155 e. The van der Waals surface area contributed by atoms with E-state index in [-0.39, 0.29) is 94.9 Å². The first-order chi connectivity index (χ1) is 56.0. The van der Waals surface area contributed by atoms with Gasteiger partial charge in [0.1, 0.15) is 17.3 Å². The predicted octanol–water partition coefficient (Wildman–Crippen LogP) is 28.6. The van der Waals surface area contributed by atoms with Crippen LogP contribution in [0.1, 0.15) is 168 Å². The van der Waals surface area contributed by atoms with Gasteiger partial charge in [0.15, 0.2) is 34.1 Å². The number of ketones is 3. The van der Waals surface area contributed by atoms with Crippen LogP contribution < -0.4 is 0 Å². The fourth-order valence-corrected chi connectivity index (χ4v) is 13.2. The molecular formula is C105H102Ir3N3O9-3.